The molecular weight excluding hydrogens is 332 g/mol. The number of aromatic nitrogens is 2. The molecule has 4 rings (SSSR count). The maximum atomic E-state index is 11.3. The van der Waals surface area contributed by atoms with E-state index >= 15 is 0 Å². The lowest BCUT2D eigenvalue weighted by molar-refractivity contribution is -0.119. The van der Waals surface area contributed by atoms with Crippen LogP contribution in [0, 0.1) is 0 Å². The van der Waals surface area contributed by atoms with Crippen LogP contribution in [0.3, 0.4) is 0 Å². The molecule has 1 aromatic carbocycles. The Morgan fingerprint density at radius 1 is 1.26 bits per heavy atom. The number of fused-ring (bicyclic) bond motifs is 1. The Morgan fingerprint density at radius 2 is 2.09 bits per heavy atom. The Bertz CT molecular complexity index is 877. The quantitative estimate of drug-likeness (QED) is 0.765. The molecule has 0 bridgehead atoms. The lowest BCUT2D eigenvalue weighted by atomic mass is 10.2. The zero-order chi connectivity index (χ0) is 15.8. The number of carbonyl (C=O) groups excluding carboxylic acids is 1. The minimum absolute atomic E-state index is 0.0702. The van der Waals surface area contributed by atoms with E-state index in [0.29, 0.717) is 13.0 Å². The predicted molar refractivity (Wildman–Crippen MR) is 92.9 cm³/mol. The molecule has 2 N–H and O–H groups in total. The van der Waals surface area contributed by atoms with Crippen molar-refractivity contribution in [1.29, 1.82) is 0 Å². The second kappa shape index (κ2) is 5.79. The van der Waals surface area contributed by atoms with Crippen molar-refractivity contribution in [2.75, 3.05) is 11.9 Å². The summed E-state index contributed by atoms with van der Waals surface area (Å²) in [4.78, 5) is 21.1. The molecule has 1 aliphatic rings. The van der Waals surface area contributed by atoms with Crippen LogP contribution in [0.1, 0.15) is 6.42 Å². The third kappa shape index (κ3) is 2.87. The first kappa shape index (κ1) is 14.4. The Balaban J connectivity index is 1.69. The summed E-state index contributed by atoms with van der Waals surface area (Å²) < 4.78 is 0.997. The van der Waals surface area contributed by atoms with Gasteiger partial charge < -0.3 is 10.6 Å². The monoisotopic (exact) mass is 344 g/mol. The van der Waals surface area contributed by atoms with E-state index in [1.807, 2.05) is 30.3 Å². The fraction of sp³-hybridized carbons (Fsp3) is 0.188. The van der Waals surface area contributed by atoms with Gasteiger partial charge in [-0.1, -0.05) is 23.7 Å². The maximum Gasteiger partial charge on any atom is 0.222 e. The highest BCUT2D eigenvalue weighted by Gasteiger charge is 2.22. The highest BCUT2D eigenvalue weighted by atomic mass is 35.5. The summed E-state index contributed by atoms with van der Waals surface area (Å²) in [5, 5.41) is 6.88. The van der Waals surface area contributed by atoms with Crippen molar-refractivity contribution in [1.82, 2.24) is 15.3 Å². The van der Waals surface area contributed by atoms with Gasteiger partial charge in [-0.3, -0.25) is 4.79 Å². The molecule has 3 aromatic rings. The van der Waals surface area contributed by atoms with Crippen molar-refractivity contribution in [2.24, 2.45) is 0 Å². The normalized spacial score (nSPS) is 17.4. The average Bonchev–Trinajstić information content (AvgIpc) is 3.15. The largest absolute Gasteiger partial charge is 0.364 e. The van der Waals surface area contributed by atoms with Crippen molar-refractivity contribution < 1.29 is 4.79 Å². The smallest absolute Gasteiger partial charge is 0.222 e. The molecule has 0 radical (unpaired) electrons. The molecule has 1 unspecified atom stereocenters. The van der Waals surface area contributed by atoms with Gasteiger partial charge in [-0.15, -0.1) is 11.3 Å². The number of anilines is 1. The topological polar surface area (TPSA) is 66.9 Å². The van der Waals surface area contributed by atoms with Gasteiger partial charge in [0.1, 0.15) is 12.1 Å². The van der Waals surface area contributed by atoms with E-state index in [2.05, 4.69) is 20.6 Å². The number of halogens is 1. The van der Waals surface area contributed by atoms with E-state index in [0.717, 1.165) is 31.5 Å². The second-order valence-corrected chi connectivity index (χ2v) is 6.89. The summed E-state index contributed by atoms with van der Waals surface area (Å²) in [6.45, 7) is 0.625. The number of hydrogen-bond acceptors (Lipinski definition) is 5. The Hall–Kier alpha value is -2.18. The minimum atomic E-state index is 0.0702. The predicted octanol–water partition coefficient (Wildman–Crippen LogP) is 3.31. The zero-order valence-corrected chi connectivity index (χ0v) is 13.6. The van der Waals surface area contributed by atoms with Crippen LogP contribution in [0.4, 0.5) is 5.82 Å². The Morgan fingerprint density at radius 3 is 2.83 bits per heavy atom. The summed E-state index contributed by atoms with van der Waals surface area (Å²) in [7, 11) is 0. The molecule has 5 nitrogen and oxygen atoms in total. The standard InChI is InChI=1S/C16H13ClN4OS/c17-10-3-1-9(2-4-10)13-6-12-15(23-13)16(20-8-19-12)21-11-5-14(22)18-7-11/h1-4,6,8,11H,5,7H2,(H,18,22)(H,19,20,21). The number of nitrogens with one attached hydrogen (secondary N) is 2. The second-order valence-electron chi connectivity index (χ2n) is 5.40. The number of benzene rings is 1. The SMILES string of the molecule is O=C1CC(Nc2ncnc3cc(-c4ccc(Cl)cc4)sc23)CN1. The van der Waals surface area contributed by atoms with E-state index in [-0.39, 0.29) is 11.9 Å². The number of carbonyl (C=O) groups is 1. The molecule has 0 aliphatic carbocycles. The molecule has 0 saturated carbocycles. The maximum absolute atomic E-state index is 11.3. The molecular formula is C16H13ClN4OS. The molecule has 1 amide bonds. The minimum Gasteiger partial charge on any atom is -0.364 e. The van der Waals surface area contributed by atoms with Gasteiger partial charge in [0.15, 0.2) is 0 Å². The first-order valence-corrected chi connectivity index (χ1v) is 8.42. The molecule has 7 heteroatoms. The Kier molecular flexibility index (Phi) is 3.63. The van der Waals surface area contributed by atoms with Gasteiger partial charge in [-0.25, -0.2) is 9.97 Å². The lowest BCUT2D eigenvalue weighted by Gasteiger charge is -2.10. The van der Waals surface area contributed by atoms with Gasteiger partial charge in [-0.2, -0.15) is 0 Å². The highest BCUT2D eigenvalue weighted by molar-refractivity contribution is 7.22. The molecule has 1 fully saturated rings. The summed E-state index contributed by atoms with van der Waals surface area (Å²) in [5.74, 6) is 0.850. The van der Waals surface area contributed by atoms with Gasteiger partial charge in [-0.05, 0) is 23.8 Å². The average molecular weight is 345 g/mol. The van der Waals surface area contributed by atoms with Crippen LogP contribution in [0.15, 0.2) is 36.7 Å². The fourth-order valence-corrected chi connectivity index (χ4v) is 3.81. The highest BCUT2D eigenvalue weighted by Crippen LogP contribution is 2.36. The van der Waals surface area contributed by atoms with Gasteiger partial charge in [0, 0.05) is 22.9 Å². The van der Waals surface area contributed by atoms with Gasteiger partial charge >= 0.3 is 0 Å². The van der Waals surface area contributed by atoms with Crippen molar-refractivity contribution >= 4 is 44.9 Å². The molecule has 1 saturated heterocycles. The molecule has 116 valence electrons. The summed E-state index contributed by atoms with van der Waals surface area (Å²) in [6.07, 6.45) is 2.02. The van der Waals surface area contributed by atoms with Crippen LogP contribution in [-0.2, 0) is 4.79 Å². The first-order chi connectivity index (χ1) is 11.2. The van der Waals surface area contributed by atoms with Crippen LogP contribution in [-0.4, -0.2) is 28.5 Å². The molecule has 2 aromatic heterocycles. The molecule has 0 spiro atoms. The van der Waals surface area contributed by atoms with Gasteiger partial charge in [0.05, 0.1) is 16.3 Å². The van der Waals surface area contributed by atoms with Crippen LogP contribution >= 0.6 is 22.9 Å². The lowest BCUT2D eigenvalue weighted by Crippen LogP contribution is -2.22. The fourth-order valence-electron chi connectivity index (χ4n) is 2.61. The van der Waals surface area contributed by atoms with E-state index in [1.54, 1.807) is 17.7 Å². The summed E-state index contributed by atoms with van der Waals surface area (Å²) in [6, 6.07) is 9.86. The van der Waals surface area contributed by atoms with E-state index in [4.69, 9.17) is 11.6 Å². The third-order valence-electron chi connectivity index (χ3n) is 3.76. The van der Waals surface area contributed by atoms with E-state index in [1.165, 1.54) is 0 Å². The Labute approximate surface area is 141 Å². The zero-order valence-electron chi connectivity index (χ0n) is 12.0. The summed E-state index contributed by atoms with van der Waals surface area (Å²) in [5.41, 5.74) is 2.00. The van der Waals surface area contributed by atoms with Crippen LogP contribution in [0.25, 0.3) is 20.7 Å². The van der Waals surface area contributed by atoms with Gasteiger partial charge in [0.25, 0.3) is 0 Å². The van der Waals surface area contributed by atoms with Gasteiger partial charge in [0.2, 0.25) is 5.91 Å². The van der Waals surface area contributed by atoms with Crippen LogP contribution in [0.5, 0.6) is 0 Å². The summed E-state index contributed by atoms with van der Waals surface area (Å²) >= 11 is 7.58. The molecule has 1 aliphatic heterocycles. The van der Waals surface area contributed by atoms with Crippen LogP contribution < -0.4 is 10.6 Å². The first-order valence-electron chi connectivity index (χ1n) is 7.23. The molecule has 1 atom stereocenters. The number of thiophene rings is 1. The van der Waals surface area contributed by atoms with Crippen molar-refractivity contribution in [3.8, 4) is 10.4 Å². The molecule has 3 heterocycles. The van der Waals surface area contributed by atoms with E-state index in [9.17, 15) is 4.79 Å². The van der Waals surface area contributed by atoms with Crippen LogP contribution in [0.2, 0.25) is 5.02 Å². The number of nitrogens with zero attached hydrogens (tertiary/aromatic N) is 2. The van der Waals surface area contributed by atoms with Crippen molar-refractivity contribution in [3.05, 3.63) is 41.7 Å². The number of hydrogen-bond donors (Lipinski definition) is 2. The molecule has 23 heavy (non-hydrogen) atoms. The van der Waals surface area contributed by atoms with E-state index < -0.39 is 0 Å². The number of amides is 1. The van der Waals surface area contributed by atoms with Crippen molar-refractivity contribution in [2.45, 2.75) is 12.5 Å². The van der Waals surface area contributed by atoms with Crippen molar-refractivity contribution in [3.63, 3.8) is 0 Å². The third-order valence-corrected chi connectivity index (χ3v) is 5.19. The number of rotatable bonds is 3.